The number of nitrogen functional groups attached to an aromatic ring is 1. The van der Waals surface area contributed by atoms with Crippen molar-refractivity contribution in [3.05, 3.63) is 55.6 Å². The molecule has 0 aliphatic carbocycles. The molecule has 0 radical (unpaired) electrons. The van der Waals surface area contributed by atoms with Gasteiger partial charge in [-0.05, 0) is 18.2 Å². The molecule has 2 aromatic rings. The monoisotopic (exact) mass is 281 g/mol. The lowest BCUT2D eigenvalue weighted by Crippen LogP contribution is -2.30. The van der Waals surface area contributed by atoms with Crippen molar-refractivity contribution in [1.29, 1.82) is 0 Å². The average molecular weight is 282 g/mol. The summed E-state index contributed by atoms with van der Waals surface area (Å²) in [7, 11) is 0. The quantitative estimate of drug-likeness (QED) is 0.814. The van der Waals surface area contributed by atoms with Crippen molar-refractivity contribution >= 4 is 21.7 Å². The summed E-state index contributed by atoms with van der Waals surface area (Å²) >= 11 is 3.29. The van der Waals surface area contributed by atoms with E-state index in [9.17, 15) is 9.59 Å². The zero-order chi connectivity index (χ0) is 11.7. The van der Waals surface area contributed by atoms with Crippen LogP contribution in [0.25, 0.3) is 5.69 Å². The Morgan fingerprint density at radius 3 is 2.62 bits per heavy atom. The third-order valence-electron chi connectivity index (χ3n) is 2.04. The summed E-state index contributed by atoms with van der Waals surface area (Å²) in [6.07, 6.45) is 0. The number of hydrogen-bond acceptors (Lipinski definition) is 3. The van der Waals surface area contributed by atoms with E-state index in [1.807, 2.05) is 6.07 Å². The minimum Gasteiger partial charge on any atom is -0.385 e. The Morgan fingerprint density at radius 1 is 1.25 bits per heavy atom. The third kappa shape index (κ3) is 1.92. The van der Waals surface area contributed by atoms with E-state index in [-0.39, 0.29) is 5.82 Å². The molecule has 0 fully saturated rings. The van der Waals surface area contributed by atoms with Crippen LogP contribution in [0.3, 0.4) is 0 Å². The topological polar surface area (TPSA) is 80.9 Å². The molecule has 0 unspecified atom stereocenters. The number of hydrogen-bond donors (Lipinski definition) is 2. The van der Waals surface area contributed by atoms with E-state index in [1.165, 1.54) is 10.6 Å². The highest BCUT2D eigenvalue weighted by atomic mass is 79.9. The van der Waals surface area contributed by atoms with Gasteiger partial charge in [0, 0.05) is 10.5 Å². The minimum absolute atomic E-state index is 0.104. The van der Waals surface area contributed by atoms with Gasteiger partial charge in [-0.25, -0.2) is 9.36 Å². The molecule has 0 aliphatic heterocycles. The van der Waals surface area contributed by atoms with E-state index in [4.69, 9.17) is 5.73 Å². The Kier molecular flexibility index (Phi) is 2.66. The van der Waals surface area contributed by atoms with E-state index in [1.54, 1.807) is 18.2 Å². The Hall–Kier alpha value is -1.82. The van der Waals surface area contributed by atoms with Crippen LogP contribution < -0.4 is 17.0 Å². The second-order valence-electron chi connectivity index (χ2n) is 3.18. The van der Waals surface area contributed by atoms with E-state index >= 15 is 0 Å². The van der Waals surface area contributed by atoms with E-state index in [2.05, 4.69) is 20.9 Å². The first-order valence-corrected chi connectivity index (χ1v) is 5.25. The number of rotatable bonds is 1. The summed E-state index contributed by atoms with van der Waals surface area (Å²) in [6.45, 7) is 0. The molecule has 3 N–H and O–H groups in total. The predicted molar refractivity (Wildman–Crippen MR) is 64.8 cm³/mol. The van der Waals surface area contributed by atoms with Gasteiger partial charge in [-0.3, -0.25) is 9.78 Å². The highest BCUT2D eigenvalue weighted by Gasteiger charge is 2.05. The van der Waals surface area contributed by atoms with Crippen LogP contribution in [0, 0.1) is 0 Å². The van der Waals surface area contributed by atoms with Gasteiger partial charge in [-0.15, -0.1) is 0 Å². The molecule has 0 aliphatic rings. The summed E-state index contributed by atoms with van der Waals surface area (Å²) in [5.74, 6) is 0.104. The maximum absolute atomic E-state index is 11.6. The van der Waals surface area contributed by atoms with E-state index in [0.717, 1.165) is 4.47 Å². The Morgan fingerprint density at radius 2 is 2.00 bits per heavy atom. The first-order chi connectivity index (χ1) is 7.58. The van der Waals surface area contributed by atoms with Crippen LogP contribution in [0.5, 0.6) is 0 Å². The van der Waals surface area contributed by atoms with Gasteiger partial charge in [0.25, 0.3) is 5.56 Å². The number of aromatic amines is 1. The molecule has 2 rings (SSSR count). The maximum atomic E-state index is 11.6. The lowest BCUT2D eigenvalue weighted by molar-refractivity contribution is 0.908. The van der Waals surface area contributed by atoms with Crippen LogP contribution in [0.2, 0.25) is 0 Å². The van der Waals surface area contributed by atoms with Crippen molar-refractivity contribution in [2.24, 2.45) is 0 Å². The van der Waals surface area contributed by atoms with Crippen molar-refractivity contribution in [2.75, 3.05) is 5.73 Å². The van der Waals surface area contributed by atoms with E-state index in [0.29, 0.717) is 5.69 Å². The molecule has 5 nitrogen and oxygen atoms in total. The molecule has 82 valence electrons. The maximum Gasteiger partial charge on any atom is 0.334 e. The van der Waals surface area contributed by atoms with Gasteiger partial charge in [0.2, 0.25) is 0 Å². The van der Waals surface area contributed by atoms with Crippen LogP contribution in [0.1, 0.15) is 0 Å². The molecular weight excluding hydrogens is 274 g/mol. The first kappa shape index (κ1) is 10.7. The van der Waals surface area contributed by atoms with Gasteiger partial charge >= 0.3 is 5.69 Å². The van der Waals surface area contributed by atoms with Gasteiger partial charge in [0.1, 0.15) is 5.82 Å². The van der Waals surface area contributed by atoms with Crippen LogP contribution in [-0.2, 0) is 0 Å². The number of anilines is 1. The van der Waals surface area contributed by atoms with Crippen molar-refractivity contribution in [2.45, 2.75) is 0 Å². The van der Waals surface area contributed by atoms with Crippen LogP contribution in [0.15, 0.2) is 44.4 Å². The highest BCUT2D eigenvalue weighted by molar-refractivity contribution is 9.10. The fraction of sp³-hybridized carbons (Fsp3) is 0. The molecule has 0 bridgehead atoms. The number of aromatic nitrogens is 2. The molecule has 6 heteroatoms. The molecule has 0 amide bonds. The Labute approximate surface area is 98.7 Å². The van der Waals surface area contributed by atoms with Crippen LogP contribution >= 0.6 is 15.9 Å². The van der Waals surface area contributed by atoms with Gasteiger partial charge in [0.05, 0.1) is 5.69 Å². The second kappa shape index (κ2) is 3.97. The molecule has 1 heterocycles. The lowest BCUT2D eigenvalue weighted by Gasteiger charge is -2.08. The number of nitrogens with one attached hydrogen (secondary N) is 1. The van der Waals surface area contributed by atoms with Crippen LogP contribution in [0.4, 0.5) is 5.82 Å². The molecule has 1 aromatic heterocycles. The molecule has 0 spiro atoms. The average Bonchev–Trinajstić information content (AvgIpc) is 2.15. The predicted octanol–water partition coefficient (Wildman–Crippen LogP) is 0.870. The number of benzene rings is 1. The molecule has 0 saturated carbocycles. The van der Waals surface area contributed by atoms with Gasteiger partial charge in [-0.1, -0.05) is 22.0 Å². The Bertz CT molecular complexity index is 645. The zero-order valence-electron chi connectivity index (χ0n) is 8.11. The third-order valence-corrected chi connectivity index (χ3v) is 2.53. The largest absolute Gasteiger partial charge is 0.385 e. The van der Waals surface area contributed by atoms with Crippen molar-refractivity contribution < 1.29 is 0 Å². The van der Waals surface area contributed by atoms with Crippen molar-refractivity contribution in [1.82, 2.24) is 9.55 Å². The summed E-state index contributed by atoms with van der Waals surface area (Å²) in [5.41, 5.74) is 5.16. The molecule has 16 heavy (non-hydrogen) atoms. The van der Waals surface area contributed by atoms with Crippen molar-refractivity contribution in [3.63, 3.8) is 0 Å². The Balaban J connectivity index is 2.74. The summed E-state index contributed by atoms with van der Waals surface area (Å²) in [5, 5.41) is 0. The SMILES string of the molecule is Nc1cc(=O)[nH]c(=O)n1-c1cccc(Br)c1. The fourth-order valence-electron chi connectivity index (χ4n) is 1.40. The summed E-state index contributed by atoms with van der Waals surface area (Å²) in [6, 6.07) is 8.23. The van der Waals surface area contributed by atoms with Gasteiger partial charge in [0.15, 0.2) is 0 Å². The number of halogens is 1. The molecule has 0 saturated heterocycles. The van der Waals surface area contributed by atoms with Crippen LogP contribution in [-0.4, -0.2) is 9.55 Å². The fourth-order valence-corrected chi connectivity index (χ4v) is 1.78. The smallest absolute Gasteiger partial charge is 0.334 e. The highest BCUT2D eigenvalue weighted by Crippen LogP contribution is 2.15. The van der Waals surface area contributed by atoms with E-state index < -0.39 is 11.2 Å². The molecule has 0 atom stereocenters. The first-order valence-electron chi connectivity index (χ1n) is 4.46. The minimum atomic E-state index is -0.553. The molecular formula is C10H8BrN3O2. The standard InChI is InChI=1S/C10H8BrN3O2/c11-6-2-1-3-7(4-6)14-8(12)5-9(15)13-10(14)16/h1-5H,12H2,(H,13,15,16). The van der Waals surface area contributed by atoms with Crippen molar-refractivity contribution in [3.8, 4) is 5.69 Å². The second-order valence-corrected chi connectivity index (χ2v) is 4.09. The normalized spacial score (nSPS) is 10.3. The van der Waals surface area contributed by atoms with Gasteiger partial charge in [-0.2, -0.15) is 0 Å². The number of H-pyrrole nitrogens is 1. The summed E-state index contributed by atoms with van der Waals surface area (Å²) < 4.78 is 2.05. The summed E-state index contributed by atoms with van der Waals surface area (Å²) in [4.78, 5) is 24.7. The van der Waals surface area contributed by atoms with Gasteiger partial charge < -0.3 is 5.73 Å². The number of nitrogens with two attached hydrogens (primary N) is 1. The molecule has 1 aromatic carbocycles. The lowest BCUT2D eigenvalue weighted by atomic mass is 10.3. The number of nitrogens with zero attached hydrogens (tertiary/aromatic N) is 1. The zero-order valence-corrected chi connectivity index (χ0v) is 9.69.